The molecule has 19 heavy (non-hydrogen) atoms. The highest BCUT2D eigenvalue weighted by molar-refractivity contribution is 5.83. The van der Waals surface area contributed by atoms with Crippen molar-refractivity contribution in [2.75, 3.05) is 20.6 Å². The molecule has 1 amide bonds. The standard InChI is InChI=1S/C16H24N2O/c1-4-14-11-8-12-18(14)16(19)15(17(2)3)13-9-6-5-7-10-13/h5-7,9-10,14-15H,4,8,11-12H2,1-3H3/t14-,15-/m1/s1. The molecule has 0 saturated carbocycles. The van der Waals surface area contributed by atoms with Crippen molar-refractivity contribution >= 4 is 5.91 Å². The van der Waals surface area contributed by atoms with Gasteiger partial charge in [0.25, 0.3) is 0 Å². The van der Waals surface area contributed by atoms with Crippen LogP contribution in [0.3, 0.4) is 0 Å². The highest BCUT2D eigenvalue weighted by atomic mass is 16.2. The molecule has 1 saturated heterocycles. The Balaban J connectivity index is 2.22. The Labute approximate surface area is 116 Å². The fraction of sp³-hybridized carbons (Fsp3) is 0.562. The van der Waals surface area contributed by atoms with Crippen LogP contribution >= 0.6 is 0 Å². The van der Waals surface area contributed by atoms with E-state index in [-0.39, 0.29) is 11.9 Å². The maximum Gasteiger partial charge on any atom is 0.244 e. The van der Waals surface area contributed by atoms with E-state index in [9.17, 15) is 4.79 Å². The maximum atomic E-state index is 12.8. The molecule has 1 aromatic carbocycles. The Hall–Kier alpha value is -1.35. The highest BCUT2D eigenvalue weighted by Crippen LogP contribution is 2.27. The largest absolute Gasteiger partial charge is 0.338 e. The summed E-state index contributed by atoms with van der Waals surface area (Å²) in [6, 6.07) is 10.3. The minimum atomic E-state index is -0.159. The quantitative estimate of drug-likeness (QED) is 0.831. The number of benzene rings is 1. The predicted molar refractivity (Wildman–Crippen MR) is 77.9 cm³/mol. The number of amides is 1. The Morgan fingerprint density at radius 3 is 2.63 bits per heavy atom. The molecule has 0 bridgehead atoms. The summed E-state index contributed by atoms with van der Waals surface area (Å²) in [6.45, 7) is 3.08. The second-order valence-corrected chi connectivity index (χ2v) is 5.51. The Morgan fingerprint density at radius 2 is 2.05 bits per heavy atom. The normalized spacial score (nSPS) is 20.8. The summed E-state index contributed by atoms with van der Waals surface area (Å²) in [6.07, 6.45) is 3.34. The number of likely N-dealkylation sites (tertiary alicyclic amines) is 1. The molecule has 1 aliphatic rings. The number of hydrogen-bond donors (Lipinski definition) is 0. The van der Waals surface area contributed by atoms with E-state index < -0.39 is 0 Å². The monoisotopic (exact) mass is 260 g/mol. The van der Waals surface area contributed by atoms with Crippen LogP contribution < -0.4 is 0 Å². The van der Waals surface area contributed by atoms with Gasteiger partial charge in [0, 0.05) is 12.6 Å². The van der Waals surface area contributed by atoms with Gasteiger partial charge in [0.1, 0.15) is 6.04 Å². The van der Waals surface area contributed by atoms with Gasteiger partial charge in [-0.05, 0) is 38.9 Å². The van der Waals surface area contributed by atoms with Gasteiger partial charge in [-0.15, -0.1) is 0 Å². The van der Waals surface area contributed by atoms with Crippen LogP contribution in [-0.2, 0) is 4.79 Å². The van der Waals surface area contributed by atoms with Gasteiger partial charge in [0.2, 0.25) is 5.91 Å². The molecule has 0 aliphatic carbocycles. The number of likely N-dealkylation sites (N-methyl/N-ethyl adjacent to an activating group) is 1. The summed E-state index contributed by atoms with van der Waals surface area (Å²) in [5.41, 5.74) is 1.08. The molecule has 0 aromatic heterocycles. The van der Waals surface area contributed by atoms with Crippen molar-refractivity contribution in [3.05, 3.63) is 35.9 Å². The molecule has 0 spiro atoms. The van der Waals surface area contributed by atoms with Crippen LogP contribution in [0, 0.1) is 0 Å². The van der Waals surface area contributed by atoms with Crippen molar-refractivity contribution in [2.24, 2.45) is 0 Å². The molecule has 0 N–H and O–H groups in total. The third-order valence-electron chi connectivity index (χ3n) is 4.00. The van der Waals surface area contributed by atoms with Crippen LogP contribution in [0.15, 0.2) is 30.3 Å². The van der Waals surface area contributed by atoms with Crippen LogP contribution in [0.25, 0.3) is 0 Å². The molecule has 104 valence electrons. The molecule has 1 aliphatic heterocycles. The first-order valence-electron chi connectivity index (χ1n) is 7.17. The highest BCUT2D eigenvalue weighted by Gasteiger charge is 2.33. The first kappa shape index (κ1) is 14.1. The Morgan fingerprint density at radius 1 is 1.37 bits per heavy atom. The van der Waals surface area contributed by atoms with Crippen molar-refractivity contribution < 1.29 is 4.79 Å². The zero-order chi connectivity index (χ0) is 13.8. The second kappa shape index (κ2) is 6.20. The summed E-state index contributed by atoms with van der Waals surface area (Å²) >= 11 is 0. The van der Waals surface area contributed by atoms with Crippen molar-refractivity contribution in [1.82, 2.24) is 9.80 Å². The molecule has 3 nitrogen and oxygen atoms in total. The summed E-state index contributed by atoms with van der Waals surface area (Å²) < 4.78 is 0. The van der Waals surface area contributed by atoms with Crippen molar-refractivity contribution in [2.45, 2.75) is 38.3 Å². The number of nitrogens with zero attached hydrogens (tertiary/aromatic N) is 2. The first-order valence-corrected chi connectivity index (χ1v) is 7.17. The van der Waals surface area contributed by atoms with E-state index in [1.54, 1.807) is 0 Å². The third-order valence-corrected chi connectivity index (χ3v) is 4.00. The van der Waals surface area contributed by atoms with Gasteiger partial charge in [-0.3, -0.25) is 9.69 Å². The van der Waals surface area contributed by atoms with Gasteiger partial charge in [0.15, 0.2) is 0 Å². The Bertz CT molecular complexity index is 416. The van der Waals surface area contributed by atoms with Crippen LogP contribution in [0.5, 0.6) is 0 Å². The van der Waals surface area contributed by atoms with E-state index in [2.05, 4.69) is 11.8 Å². The van der Waals surface area contributed by atoms with Crippen LogP contribution in [-0.4, -0.2) is 42.4 Å². The van der Waals surface area contributed by atoms with Gasteiger partial charge in [-0.2, -0.15) is 0 Å². The average Bonchev–Trinajstić information content (AvgIpc) is 2.88. The molecule has 1 aromatic rings. The zero-order valence-electron chi connectivity index (χ0n) is 12.2. The lowest BCUT2D eigenvalue weighted by Gasteiger charge is -2.31. The minimum absolute atomic E-state index is 0.159. The summed E-state index contributed by atoms with van der Waals surface area (Å²) in [7, 11) is 3.96. The van der Waals surface area contributed by atoms with E-state index in [0.29, 0.717) is 6.04 Å². The lowest BCUT2D eigenvalue weighted by Crippen LogP contribution is -2.42. The van der Waals surface area contributed by atoms with Crippen molar-refractivity contribution in [1.29, 1.82) is 0 Å². The molecule has 3 heteroatoms. The van der Waals surface area contributed by atoms with Crippen LogP contribution in [0.4, 0.5) is 0 Å². The number of carbonyl (C=O) groups excluding carboxylic acids is 1. The van der Waals surface area contributed by atoms with Crippen molar-refractivity contribution in [3.8, 4) is 0 Å². The first-order chi connectivity index (χ1) is 9.15. The number of rotatable bonds is 4. The molecule has 1 heterocycles. The maximum absolute atomic E-state index is 12.8. The van der Waals surface area contributed by atoms with Gasteiger partial charge < -0.3 is 4.90 Å². The lowest BCUT2D eigenvalue weighted by molar-refractivity contribution is -0.137. The lowest BCUT2D eigenvalue weighted by atomic mass is 10.0. The second-order valence-electron chi connectivity index (χ2n) is 5.51. The van der Waals surface area contributed by atoms with E-state index in [4.69, 9.17) is 0 Å². The zero-order valence-corrected chi connectivity index (χ0v) is 12.2. The van der Waals surface area contributed by atoms with Crippen molar-refractivity contribution in [3.63, 3.8) is 0 Å². The Kier molecular flexibility index (Phi) is 4.59. The topological polar surface area (TPSA) is 23.6 Å². The van der Waals surface area contributed by atoms with Gasteiger partial charge >= 0.3 is 0 Å². The summed E-state index contributed by atoms with van der Waals surface area (Å²) in [5, 5.41) is 0. The fourth-order valence-electron chi connectivity index (χ4n) is 3.00. The molecular weight excluding hydrogens is 236 g/mol. The third kappa shape index (κ3) is 2.98. The van der Waals surface area contributed by atoms with Crippen LogP contribution in [0.2, 0.25) is 0 Å². The summed E-state index contributed by atoms with van der Waals surface area (Å²) in [4.78, 5) is 16.9. The number of hydrogen-bond acceptors (Lipinski definition) is 2. The van der Waals surface area contributed by atoms with Gasteiger partial charge in [0.05, 0.1) is 0 Å². The van der Waals surface area contributed by atoms with E-state index in [1.807, 2.05) is 49.3 Å². The van der Waals surface area contributed by atoms with Crippen LogP contribution in [0.1, 0.15) is 37.8 Å². The molecule has 0 radical (unpaired) electrons. The van der Waals surface area contributed by atoms with E-state index in [1.165, 1.54) is 0 Å². The summed E-state index contributed by atoms with van der Waals surface area (Å²) in [5.74, 6) is 0.251. The number of carbonyl (C=O) groups is 1. The van der Waals surface area contributed by atoms with E-state index >= 15 is 0 Å². The van der Waals surface area contributed by atoms with E-state index in [0.717, 1.165) is 31.4 Å². The smallest absolute Gasteiger partial charge is 0.244 e. The molecule has 2 atom stereocenters. The fourth-order valence-corrected chi connectivity index (χ4v) is 3.00. The predicted octanol–water partition coefficient (Wildman–Crippen LogP) is 2.69. The SMILES string of the molecule is CC[C@@H]1CCCN1C(=O)[C@@H](c1ccccc1)N(C)C. The molecule has 0 unspecified atom stereocenters. The average molecular weight is 260 g/mol. The van der Waals surface area contributed by atoms with Gasteiger partial charge in [-0.1, -0.05) is 37.3 Å². The van der Waals surface area contributed by atoms with Gasteiger partial charge in [-0.25, -0.2) is 0 Å². The molecular formula is C16H24N2O. The molecule has 1 fully saturated rings. The molecule has 2 rings (SSSR count). The minimum Gasteiger partial charge on any atom is -0.338 e.